The zero-order valence-corrected chi connectivity index (χ0v) is 32.1. The Morgan fingerprint density at radius 1 is 0.356 bits per heavy atom. The predicted molar refractivity (Wildman–Crippen MR) is 245 cm³/mol. The van der Waals surface area contributed by atoms with Crippen molar-refractivity contribution in [3.8, 4) is 33.4 Å². The molecule has 0 bridgehead atoms. The van der Waals surface area contributed by atoms with Gasteiger partial charge < -0.3 is 9.32 Å². The van der Waals surface area contributed by atoms with Gasteiger partial charge in [-0.2, -0.15) is 0 Å². The maximum absolute atomic E-state index is 6.96. The topological polar surface area (TPSA) is 16.4 Å². The van der Waals surface area contributed by atoms with Crippen molar-refractivity contribution in [2.75, 3.05) is 4.90 Å². The number of hydrogen-bond donors (Lipinski definition) is 0. The minimum absolute atomic E-state index is 0.397. The molecule has 2 heteroatoms. The Hall–Kier alpha value is -7.68. The fourth-order valence-electron chi connectivity index (χ4n) is 10.6. The van der Waals surface area contributed by atoms with E-state index in [2.05, 4.69) is 217 Å². The lowest BCUT2D eigenvalue weighted by Gasteiger charge is -2.30. The summed E-state index contributed by atoms with van der Waals surface area (Å²) in [5.74, 6) is 0. The normalized spacial score (nSPS) is 13.2. The average Bonchev–Trinajstić information content (AvgIpc) is 3.93. The zero-order valence-electron chi connectivity index (χ0n) is 32.1. The van der Waals surface area contributed by atoms with E-state index in [1.165, 1.54) is 71.4 Å². The standard InChI is InChI=1S/C57H35NO/c1-3-14-39-34-42(30-24-36(39)12-1)58(43-31-25-37-13-2-4-15-40(37)35-43)41-28-26-38(27-29-41)44-19-11-20-48-55-53(59-56(44)48)33-32-52-54(55)47-18-7-10-23-51(47)57(52)49-21-8-5-16-45(49)46-17-6-9-22-50(46)57/h1-35H. The van der Waals surface area contributed by atoms with Gasteiger partial charge in [0.15, 0.2) is 0 Å². The van der Waals surface area contributed by atoms with Crippen LogP contribution >= 0.6 is 0 Å². The van der Waals surface area contributed by atoms with Crippen LogP contribution in [0.4, 0.5) is 17.1 Å². The van der Waals surface area contributed by atoms with E-state index in [9.17, 15) is 0 Å². The molecule has 2 aliphatic carbocycles. The minimum Gasteiger partial charge on any atom is -0.455 e. The molecule has 13 rings (SSSR count). The van der Waals surface area contributed by atoms with Gasteiger partial charge in [-0.15, -0.1) is 0 Å². The maximum Gasteiger partial charge on any atom is 0.143 e. The molecule has 0 aliphatic heterocycles. The third kappa shape index (κ3) is 4.46. The molecule has 11 aromatic rings. The number of anilines is 3. The molecule has 0 unspecified atom stereocenters. The van der Waals surface area contributed by atoms with Gasteiger partial charge in [-0.05, 0) is 114 Å². The summed E-state index contributed by atoms with van der Waals surface area (Å²) in [4.78, 5) is 2.36. The van der Waals surface area contributed by atoms with Crippen LogP contribution in [0.15, 0.2) is 217 Å². The molecule has 2 aliphatic rings. The van der Waals surface area contributed by atoms with Crippen molar-refractivity contribution in [3.05, 3.63) is 235 Å². The maximum atomic E-state index is 6.96. The molecule has 0 atom stereocenters. The second-order valence-electron chi connectivity index (χ2n) is 16.0. The lowest BCUT2D eigenvalue weighted by molar-refractivity contribution is 0.669. The zero-order chi connectivity index (χ0) is 38.7. The van der Waals surface area contributed by atoms with Crippen molar-refractivity contribution in [1.29, 1.82) is 0 Å². The van der Waals surface area contributed by atoms with Crippen LogP contribution in [0.3, 0.4) is 0 Å². The predicted octanol–water partition coefficient (Wildman–Crippen LogP) is 15.4. The van der Waals surface area contributed by atoms with E-state index in [1.54, 1.807) is 0 Å². The van der Waals surface area contributed by atoms with Crippen molar-refractivity contribution in [3.63, 3.8) is 0 Å². The molecule has 1 aromatic heterocycles. The molecule has 0 fully saturated rings. The first-order valence-corrected chi connectivity index (χ1v) is 20.4. The van der Waals surface area contributed by atoms with E-state index in [0.717, 1.165) is 44.7 Å². The first kappa shape index (κ1) is 32.4. The number of fused-ring (bicyclic) bond motifs is 16. The summed E-state index contributed by atoms with van der Waals surface area (Å²) >= 11 is 0. The second kappa shape index (κ2) is 12.2. The van der Waals surface area contributed by atoms with Crippen molar-refractivity contribution in [1.82, 2.24) is 0 Å². The summed E-state index contributed by atoms with van der Waals surface area (Å²) in [5, 5.41) is 7.20. The molecule has 0 saturated carbocycles. The fraction of sp³-hybridized carbons (Fsp3) is 0.0175. The van der Waals surface area contributed by atoms with Gasteiger partial charge in [0.25, 0.3) is 0 Å². The highest BCUT2D eigenvalue weighted by Gasteiger charge is 2.52. The van der Waals surface area contributed by atoms with Gasteiger partial charge in [-0.3, -0.25) is 0 Å². The van der Waals surface area contributed by atoms with Gasteiger partial charge in [0.1, 0.15) is 11.2 Å². The number of hydrogen-bond acceptors (Lipinski definition) is 2. The minimum atomic E-state index is -0.397. The van der Waals surface area contributed by atoms with Crippen LogP contribution in [-0.4, -0.2) is 0 Å². The van der Waals surface area contributed by atoms with E-state index in [0.29, 0.717) is 0 Å². The number of benzene rings is 10. The van der Waals surface area contributed by atoms with Gasteiger partial charge in [0, 0.05) is 33.4 Å². The van der Waals surface area contributed by atoms with Crippen LogP contribution < -0.4 is 4.90 Å². The molecule has 0 saturated heterocycles. The Bertz CT molecular complexity index is 3390. The molecule has 1 spiro atoms. The number of furan rings is 1. The third-order valence-electron chi connectivity index (χ3n) is 13.0. The number of rotatable bonds is 4. The van der Waals surface area contributed by atoms with Crippen LogP contribution in [0.1, 0.15) is 22.3 Å². The van der Waals surface area contributed by atoms with Gasteiger partial charge >= 0.3 is 0 Å². The lowest BCUT2D eigenvalue weighted by atomic mass is 9.70. The summed E-state index contributed by atoms with van der Waals surface area (Å²) in [7, 11) is 0. The Labute approximate surface area is 341 Å². The molecular formula is C57H35NO. The summed E-state index contributed by atoms with van der Waals surface area (Å²) < 4.78 is 6.96. The largest absolute Gasteiger partial charge is 0.455 e. The Balaban J connectivity index is 0.979. The van der Waals surface area contributed by atoms with Crippen molar-refractivity contribution >= 4 is 60.5 Å². The van der Waals surface area contributed by atoms with Crippen molar-refractivity contribution in [2.45, 2.75) is 5.41 Å². The van der Waals surface area contributed by atoms with Crippen LogP contribution in [-0.2, 0) is 5.41 Å². The quantitative estimate of drug-likeness (QED) is 0.178. The van der Waals surface area contributed by atoms with Crippen molar-refractivity contribution in [2.24, 2.45) is 0 Å². The molecule has 59 heavy (non-hydrogen) atoms. The Morgan fingerprint density at radius 2 is 0.864 bits per heavy atom. The smallest absolute Gasteiger partial charge is 0.143 e. The van der Waals surface area contributed by atoms with Crippen molar-refractivity contribution < 1.29 is 4.42 Å². The molecule has 0 N–H and O–H groups in total. The van der Waals surface area contributed by atoms with E-state index in [1.807, 2.05) is 0 Å². The number of nitrogens with zero attached hydrogens (tertiary/aromatic N) is 1. The van der Waals surface area contributed by atoms with Gasteiger partial charge in [0.2, 0.25) is 0 Å². The highest BCUT2D eigenvalue weighted by atomic mass is 16.3. The highest BCUT2D eigenvalue weighted by Crippen LogP contribution is 2.64. The summed E-state index contributed by atoms with van der Waals surface area (Å²) in [6.07, 6.45) is 0. The monoisotopic (exact) mass is 749 g/mol. The first-order chi connectivity index (χ1) is 29.3. The molecule has 1 heterocycles. The van der Waals surface area contributed by atoms with Gasteiger partial charge in [0.05, 0.1) is 5.41 Å². The van der Waals surface area contributed by atoms with E-state index >= 15 is 0 Å². The van der Waals surface area contributed by atoms with E-state index in [4.69, 9.17) is 4.42 Å². The average molecular weight is 750 g/mol. The molecule has 274 valence electrons. The Kier molecular flexibility index (Phi) is 6.68. The molecular weight excluding hydrogens is 715 g/mol. The van der Waals surface area contributed by atoms with Crippen LogP contribution in [0, 0.1) is 0 Å². The molecule has 2 nitrogen and oxygen atoms in total. The fourth-order valence-corrected chi connectivity index (χ4v) is 10.6. The molecule has 0 radical (unpaired) electrons. The molecule has 10 aromatic carbocycles. The van der Waals surface area contributed by atoms with Gasteiger partial charge in [-0.1, -0.05) is 170 Å². The van der Waals surface area contributed by atoms with Gasteiger partial charge in [-0.25, -0.2) is 0 Å². The lowest BCUT2D eigenvalue weighted by Crippen LogP contribution is -2.25. The van der Waals surface area contributed by atoms with Crippen LogP contribution in [0.25, 0.3) is 76.9 Å². The van der Waals surface area contributed by atoms with E-state index in [-0.39, 0.29) is 0 Å². The second-order valence-corrected chi connectivity index (χ2v) is 16.0. The Morgan fingerprint density at radius 3 is 1.49 bits per heavy atom. The SMILES string of the molecule is c1ccc2c(c1)-c1ccccc1C21c2ccccc2-c2c1ccc1oc3c(-c4ccc(N(c5ccc6ccccc6c5)c5ccc6ccccc6c5)cc4)cccc3c21. The summed E-state index contributed by atoms with van der Waals surface area (Å²) in [6.45, 7) is 0. The van der Waals surface area contributed by atoms with Crippen LogP contribution in [0.2, 0.25) is 0 Å². The first-order valence-electron chi connectivity index (χ1n) is 20.4. The highest BCUT2D eigenvalue weighted by molar-refractivity contribution is 6.18. The third-order valence-corrected chi connectivity index (χ3v) is 13.0. The summed E-state index contributed by atoms with van der Waals surface area (Å²) in [6, 6.07) is 77.7. The molecule has 0 amide bonds. The number of para-hydroxylation sites is 1. The summed E-state index contributed by atoms with van der Waals surface area (Å²) in [5.41, 5.74) is 17.5. The van der Waals surface area contributed by atoms with Crippen LogP contribution in [0.5, 0.6) is 0 Å². The van der Waals surface area contributed by atoms with E-state index < -0.39 is 5.41 Å².